The van der Waals surface area contributed by atoms with Gasteiger partial charge in [0.1, 0.15) is 5.75 Å². The zero-order chi connectivity index (χ0) is 19.2. The molecule has 0 aliphatic heterocycles. The van der Waals surface area contributed by atoms with Crippen molar-refractivity contribution in [1.82, 2.24) is 4.98 Å². The molecule has 0 aliphatic carbocycles. The zero-order valence-electron chi connectivity index (χ0n) is 15.3. The van der Waals surface area contributed by atoms with E-state index in [1.54, 1.807) is 0 Å². The van der Waals surface area contributed by atoms with E-state index in [4.69, 9.17) is 16.3 Å². The molecular weight excluding hydrogens is 380 g/mol. The van der Waals surface area contributed by atoms with Crippen LogP contribution in [0.3, 0.4) is 0 Å². The predicted octanol–water partition coefficient (Wildman–Crippen LogP) is 5.74. The number of aryl methyl sites for hydroxylation is 2. The van der Waals surface area contributed by atoms with Crippen molar-refractivity contribution in [1.29, 1.82) is 0 Å². The summed E-state index contributed by atoms with van der Waals surface area (Å²) in [5.41, 5.74) is 2.93. The lowest BCUT2D eigenvalue weighted by molar-refractivity contribution is -0.116. The van der Waals surface area contributed by atoms with E-state index in [-0.39, 0.29) is 5.91 Å². The summed E-state index contributed by atoms with van der Waals surface area (Å²) in [5, 5.41) is 4.20. The van der Waals surface area contributed by atoms with E-state index < -0.39 is 0 Å². The molecule has 3 rings (SSSR count). The second kappa shape index (κ2) is 9.02. The molecule has 0 radical (unpaired) electrons. The lowest BCUT2D eigenvalue weighted by Gasteiger charge is -2.04. The molecule has 6 heteroatoms. The van der Waals surface area contributed by atoms with Gasteiger partial charge in [0, 0.05) is 21.9 Å². The molecule has 140 valence electrons. The number of hydrogen-bond acceptors (Lipinski definition) is 4. The van der Waals surface area contributed by atoms with Crippen molar-refractivity contribution >= 4 is 34.0 Å². The van der Waals surface area contributed by atoms with Crippen molar-refractivity contribution in [3.63, 3.8) is 0 Å². The molecule has 3 aromatic rings. The Hall–Kier alpha value is -2.37. The maximum Gasteiger partial charge on any atom is 0.226 e. The van der Waals surface area contributed by atoms with E-state index in [0.29, 0.717) is 29.6 Å². The van der Waals surface area contributed by atoms with Crippen LogP contribution in [0.4, 0.5) is 5.13 Å². The second-order valence-corrected chi connectivity index (χ2v) is 7.70. The zero-order valence-corrected chi connectivity index (χ0v) is 16.9. The van der Waals surface area contributed by atoms with Gasteiger partial charge in [-0.2, -0.15) is 0 Å². The van der Waals surface area contributed by atoms with Crippen LogP contribution in [-0.2, 0) is 11.2 Å². The van der Waals surface area contributed by atoms with Crippen LogP contribution < -0.4 is 10.1 Å². The first-order valence-electron chi connectivity index (χ1n) is 8.80. The monoisotopic (exact) mass is 400 g/mol. The number of nitrogens with zero attached hydrogens (tertiary/aromatic N) is 1. The molecule has 0 saturated carbocycles. The summed E-state index contributed by atoms with van der Waals surface area (Å²) in [7, 11) is 0. The highest BCUT2D eigenvalue weighted by atomic mass is 35.5. The number of thiazole rings is 1. The van der Waals surface area contributed by atoms with Crippen molar-refractivity contribution < 1.29 is 9.53 Å². The van der Waals surface area contributed by atoms with Gasteiger partial charge in [-0.1, -0.05) is 23.7 Å². The number of ether oxygens (including phenoxy) is 1. The normalized spacial score (nSPS) is 10.6. The van der Waals surface area contributed by atoms with Crippen LogP contribution in [-0.4, -0.2) is 17.5 Å². The molecule has 0 unspecified atom stereocenters. The Morgan fingerprint density at radius 1 is 1.22 bits per heavy atom. The van der Waals surface area contributed by atoms with E-state index >= 15 is 0 Å². The van der Waals surface area contributed by atoms with Crippen LogP contribution >= 0.6 is 22.9 Å². The Morgan fingerprint density at radius 3 is 2.70 bits per heavy atom. The molecule has 1 N–H and O–H groups in total. The molecule has 0 fully saturated rings. The van der Waals surface area contributed by atoms with Gasteiger partial charge in [-0.15, -0.1) is 11.3 Å². The number of carbonyl (C=O) groups is 1. The maximum atomic E-state index is 12.3. The number of benzene rings is 2. The number of amides is 1. The second-order valence-electron chi connectivity index (χ2n) is 6.06. The maximum absolute atomic E-state index is 12.3. The highest BCUT2D eigenvalue weighted by molar-refractivity contribution is 7.16. The van der Waals surface area contributed by atoms with Gasteiger partial charge in [0.05, 0.1) is 12.3 Å². The molecule has 0 aliphatic rings. The average Bonchev–Trinajstić information content (AvgIpc) is 3.01. The van der Waals surface area contributed by atoms with Crippen molar-refractivity contribution in [2.45, 2.75) is 26.7 Å². The van der Waals surface area contributed by atoms with Crippen molar-refractivity contribution in [3.8, 4) is 17.0 Å². The summed E-state index contributed by atoms with van der Waals surface area (Å²) in [6.07, 6.45) is 1.03. The minimum absolute atomic E-state index is 0.0537. The first-order chi connectivity index (χ1) is 13.0. The Labute approximate surface area is 168 Å². The van der Waals surface area contributed by atoms with Gasteiger partial charge in [-0.05, 0) is 62.2 Å². The number of halogens is 1. The summed E-state index contributed by atoms with van der Waals surface area (Å²) in [4.78, 5) is 17.9. The highest BCUT2D eigenvalue weighted by Crippen LogP contribution is 2.31. The first-order valence-corrected chi connectivity index (χ1v) is 9.99. The third kappa shape index (κ3) is 5.31. The van der Waals surface area contributed by atoms with Crippen LogP contribution in [0.5, 0.6) is 5.75 Å². The molecule has 4 nitrogen and oxygen atoms in total. The van der Waals surface area contributed by atoms with E-state index in [0.717, 1.165) is 27.4 Å². The van der Waals surface area contributed by atoms with Gasteiger partial charge < -0.3 is 10.1 Å². The Bertz CT molecular complexity index is 922. The number of hydrogen-bond donors (Lipinski definition) is 1. The third-order valence-corrected chi connectivity index (χ3v) is 5.13. The van der Waals surface area contributed by atoms with E-state index in [1.807, 2.05) is 62.4 Å². The predicted molar refractivity (Wildman–Crippen MR) is 112 cm³/mol. The summed E-state index contributed by atoms with van der Waals surface area (Å²) in [6, 6.07) is 15.4. The quantitative estimate of drug-likeness (QED) is 0.550. The van der Waals surface area contributed by atoms with E-state index in [2.05, 4.69) is 10.3 Å². The van der Waals surface area contributed by atoms with Gasteiger partial charge in [-0.3, -0.25) is 4.79 Å². The van der Waals surface area contributed by atoms with E-state index in [9.17, 15) is 4.79 Å². The smallest absolute Gasteiger partial charge is 0.226 e. The van der Waals surface area contributed by atoms with Crippen molar-refractivity contribution in [2.75, 3.05) is 11.9 Å². The van der Waals surface area contributed by atoms with Gasteiger partial charge >= 0.3 is 0 Å². The highest BCUT2D eigenvalue weighted by Gasteiger charge is 2.12. The topological polar surface area (TPSA) is 51.2 Å². The van der Waals surface area contributed by atoms with Gasteiger partial charge in [0.15, 0.2) is 5.13 Å². The number of rotatable bonds is 7. The van der Waals surface area contributed by atoms with Crippen LogP contribution in [0.1, 0.15) is 23.8 Å². The summed E-state index contributed by atoms with van der Waals surface area (Å²) in [6.45, 7) is 4.60. The first kappa shape index (κ1) is 19.4. The Balaban J connectivity index is 1.62. The Kier molecular flexibility index (Phi) is 6.48. The fourth-order valence-corrected chi connectivity index (χ4v) is 3.79. The molecule has 0 spiro atoms. The average molecular weight is 401 g/mol. The van der Waals surface area contributed by atoms with Crippen LogP contribution in [0.15, 0.2) is 48.5 Å². The van der Waals surface area contributed by atoms with Crippen molar-refractivity contribution in [3.05, 3.63) is 64.0 Å². The molecular formula is C21H21ClN2O2S. The fraction of sp³-hybridized carbons (Fsp3) is 0.238. The minimum atomic E-state index is -0.0537. The number of anilines is 1. The van der Waals surface area contributed by atoms with E-state index in [1.165, 1.54) is 11.3 Å². The fourth-order valence-electron chi connectivity index (χ4n) is 2.73. The summed E-state index contributed by atoms with van der Waals surface area (Å²) in [5.74, 6) is 0.783. The van der Waals surface area contributed by atoms with Crippen LogP contribution in [0.25, 0.3) is 11.3 Å². The van der Waals surface area contributed by atoms with Gasteiger partial charge in [-0.25, -0.2) is 4.98 Å². The lowest BCUT2D eigenvalue weighted by atomic mass is 10.1. The number of aromatic nitrogens is 1. The number of carbonyl (C=O) groups excluding carboxylic acids is 1. The molecule has 0 bridgehead atoms. The molecule has 0 saturated heterocycles. The summed E-state index contributed by atoms with van der Waals surface area (Å²) >= 11 is 7.46. The molecule has 2 aromatic carbocycles. The molecule has 1 amide bonds. The third-order valence-electron chi connectivity index (χ3n) is 4.01. The van der Waals surface area contributed by atoms with Crippen LogP contribution in [0.2, 0.25) is 5.02 Å². The van der Waals surface area contributed by atoms with Crippen LogP contribution in [0, 0.1) is 6.92 Å². The largest absolute Gasteiger partial charge is 0.494 e. The molecule has 27 heavy (non-hydrogen) atoms. The van der Waals surface area contributed by atoms with Gasteiger partial charge in [0.25, 0.3) is 0 Å². The molecule has 1 aromatic heterocycles. The Morgan fingerprint density at radius 2 is 2.00 bits per heavy atom. The lowest BCUT2D eigenvalue weighted by Crippen LogP contribution is -2.12. The summed E-state index contributed by atoms with van der Waals surface area (Å²) < 4.78 is 5.47. The number of nitrogens with one attached hydrogen (secondary N) is 1. The minimum Gasteiger partial charge on any atom is -0.494 e. The van der Waals surface area contributed by atoms with Gasteiger partial charge in [0.2, 0.25) is 5.91 Å². The standard InChI is InChI=1S/C21H21ClN2O2S/c1-3-26-18-10-8-16(9-11-18)20-14(2)27-21(24-20)23-19(25)12-7-15-5-4-6-17(22)13-15/h4-6,8-11,13H,3,7,12H2,1-2H3,(H,23,24,25). The molecule has 0 atom stereocenters. The SMILES string of the molecule is CCOc1ccc(-c2nc(NC(=O)CCc3cccc(Cl)c3)sc2C)cc1. The van der Waals surface area contributed by atoms with Crippen molar-refractivity contribution in [2.24, 2.45) is 0 Å². The molecule has 1 heterocycles.